The molecule has 0 radical (unpaired) electrons. The maximum absolute atomic E-state index is 13.8. The summed E-state index contributed by atoms with van der Waals surface area (Å²) in [5.74, 6) is -1.05. The van der Waals surface area contributed by atoms with E-state index < -0.39 is 11.4 Å². The number of benzene rings is 1. The number of hydrogen-bond acceptors (Lipinski definition) is 3. The Labute approximate surface area is 132 Å². The van der Waals surface area contributed by atoms with E-state index in [1.54, 1.807) is 9.80 Å². The highest BCUT2D eigenvalue weighted by molar-refractivity contribution is 6.30. The molecule has 2 fully saturated rings. The molecule has 0 unspecified atom stereocenters. The van der Waals surface area contributed by atoms with Gasteiger partial charge in [-0.1, -0.05) is 11.6 Å². The van der Waals surface area contributed by atoms with Crippen molar-refractivity contribution in [2.75, 3.05) is 26.2 Å². The van der Waals surface area contributed by atoms with Crippen LogP contribution in [0.1, 0.15) is 23.2 Å². The van der Waals surface area contributed by atoms with E-state index in [0.29, 0.717) is 26.2 Å². The van der Waals surface area contributed by atoms with Gasteiger partial charge in [0.05, 0.1) is 11.1 Å². The third kappa shape index (κ3) is 2.80. The first-order chi connectivity index (χ1) is 10.4. The fourth-order valence-corrected chi connectivity index (χ4v) is 2.77. The number of hydrogen-bond donors (Lipinski definition) is 1. The number of piperazine rings is 1. The molecule has 3 rings (SSSR count). The third-order valence-corrected chi connectivity index (χ3v) is 4.47. The van der Waals surface area contributed by atoms with Crippen molar-refractivity contribution in [1.29, 1.82) is 0 Å². The molecule has 0 bridgehead atoms. The summed E-state index contributed by atoms with van der Waals surface area (Å²) in [4.78, 5) is 27.7. The van der Waals surface area contributed by atoms with Crippen molar-refractivity contribution >= 4 is 23.4 Å². The Balaban J connectivity index is 1.63. The van der Waals surface area contributed by atoms with Gasteiger partial charge in [0.1, 0.15) is 5.82 Å². The van der Waals surface area contributed by atoms with Crippen molar-refractivity contribution in [1.82, 2.24) is 9.80 Å². The Bertz CT molecular complexity index is 625. The largest absolute Gasteiger partial charge is 0.338 e. The molecule has 2 amide bonds. The lowest BCUT2D eigenvalue weighted by Gasteiger charge is -2.36. The maximum Gasteiger partial charge on any atom is 0.256 e. The van der Waals surface area contributed by atoms with Crippen LogP contribution in [0.5, 0.6) is 0 Å². The van der Waals surface area contributed by atoms with Crippen molar-refractivity contribution in [3.63, 3.8) is 0 Å². The van der Waals surface area contributed by atoms with Crippen LogP contribution in [0.25, 0.3) is 0 Å². The van der Waals surface area contributed by atoms with Crippen molar-refractivity contribution < 1.29 is 14.0 Å². The standard InChI is InChI=1S/C15H17ClFN3O2/c16-10-1-2-11(12(17)9-10)13(21)19-5-7-20(8-6-19)14(22)15(18)3-4-15/h1-2,9H,3-8,18H2. The number of carbonyl (C=O) groups is 2. The number of rotatable bonds is 2. The second-order valence-electron chi connectivity index (χ2n) is 5.86. The first kappa shape index (κ1) is 15.2. The number of carbonyl (C=O) groups excluding carboxylic acids is 2. The summed E-state index contributed by atoms with van der Waals surface area (Å²) in [7, 11) is 0. The van der Waals surface area contributed by atoms with Gasteiger partial charge in [0.2, 0.25) is 5.91 Å². The summed E-state index contributed by atoms with van der Waals surface area (Å²) in [5.41, 5.74) is 5.22. The van der Waals surface area contributed by atoms with E-state index >= 15 is 0 Å². The zero-order chi connectivity index (χ0) is 15.9. The number of amides is 2. The van der Waals surface area contributed by atoms with E-state index in [-0.39, 0.29) is 22.4 Å². The average molecular weight is 326 g/mol. The Kier molecular flexibility index (Phi) is 3.82. The summed E-state index contributed by atoms with van der Waals surface area (Å²) < 4.78 is 13.8. The molecule has 118 valence electrons. The van der Waals surface area contributed by atoms with E-state index in [4.69, 9.17) is 17.3 Å². The number of halogens is 2. The van der Waals surface area contributed by atoms with Crippen molar-refractivity contribution in [2.24, 2.45) is 5.73 Å². The highest BCUT2D eigenvalue weighted by Crippen LogP contribution is 2.34. The van der Waals surface area contributed by atoms with Crippen molar-refractivity contribution in [2.45, 2.75) is 18.4 Å². The minimum Gasteiger partial charge on any atom is -0.338 e. The summed E-state index contributed by atoms with van der Waals surface area (Å²) in [6.07, 6.45) is 1.45. The summed E-state index contributed by atoms with van der Waals surface area (Å²) in [6, 6.07) is 4.00. The molecule has 0 aromatic heterocycles. The molecule has 5 nitrogen and oxygen atoms in total. The first-order valence-electron chi connectivity index (χ1n) is 7.23. The average Bonchev–Trinajstić information content (AvgIpc) is 3.25. The van der Waals surface area contributed by atoms with Gasteiger partial charge in [-0.05, 0) is 31.0 Å². The molecule has 1 aromatic rings. The van der Waals surface area contributed by atoms with Crippen LogP contribution in [0.15, 0.2) is 18.2 Å². The Morgan fingerprint density at radius 1 is 1.14 bits per heavy atom. The van der Waals surface area contributed by atoms with Crippen LogP contribution >= 0.6 is 11.6 Å². The van der Waals surface area contributed by atoms with E-state index in [1.807, 2.05) is 0 Å². The molecule has 1 saturated carbocycles. The molecule has 1 aliphatic heterocycles. The van der Waals surface area contributed by atoms with Gasteiger partial charge >= 0.3 is 0 Å². The van der Waals surface area contributed by atoms with E-state index in [2.05, 4.69) is 0 Å². The molecule has 7 heteroatoms. The highest BCUT2D eigenvalue weighted by Gasteiger charge is 2.48. The quantitative estimate of drug-likeness (QED) is 0.890. The summed E-state index contributed by atoms with van der Waals surface area (Å²) >= 11 is 5.69. The monoisotopic (exact) mass is 325 g/mol. The van der Waals surface area contributed by atoms with Gasteiger partial charge in [0.25, 0.3) is 5.91 Å². The van der Waals surface area contributed by atoms with Crippen LogP contribution in [0, 0.1) is 5.82 Å². The first-order valence-corrected chi connectivity index (χ1v) is 7.61. The maximum atomic E-state index is 13.8. The molecule has 2 aliphatic rings. The fourth-order valence-electron chi connectivity index (χ4n) is 2.61. The van der Waals surface area contributed by atoms with Gasteiger partial charge < -0.3 is 15.5 Å². The topological polar surface area (TPSA) is 66.6 Å². The van der Waals surface area contributed by atoms with Crippen LogP contribution in [-0.2, 0) is 4.79 Å². The van der Waals surface area contributed by atoms with Crippen molar-refractivity contribution in [3.05, 3.63) is 34.6 Å². The molecule has 1 aromatic carbocycles. The van der Waals surface area contributed by atoms with E-state index in [1.165, 1.54) is 12.1 Å². The Morgan fingerprint density at radius 3 is 2.27 bits per heavy atom. The second-order valence-corrected chi connectivity index (χ2v) is 6.30. The Hall–Kier alpha value is -1.66. The van der Waals surface area contributed by atoms with E-state index in [0.717, 1.165) is 18.9 Å². The van der Waals surface area contributed by atoms with Crippen LogP contribution in [-0.4, -0.2) is 53.3 Å². The minimum atomic E-state index is -0.686. The molecule has 1 heterocycles. The van der Waals surface area contributed by atoms with Gasteiger partial charge in [-0.3, -0.25) is 9.59 Å². The zero-order valence-electron chi connectivity index (χ0n) is 12.0. The van der Waals surface area contributed by atoms with Gasteiger partial charge in [-0.25, -0.2) is 4.39 Å². The van der Waals surface area contributed by atoms with Crippen molar-refractivity contribution in [3.8, 4) is 0 Å². The third-order valence-electron chi connectivity index (χ3n) is 4.23. The van der Waals surface area contributed by atoms with Gasteiger partial charge in [0.15, 0.2) is 0 Å². The normalized spacial score (nSPS) is 20.0. The summed E-state index contributed by atoms with van der Waals surface area (Å²) in [5, 5.41) is 0.252. The van der Waals surface area contributed by atoms with Crippen LogP contribution in [0.2, 0.25) is 5.02 Å². The smallest absolute Gasteiger partial charge is 0.256 e. The highest BCUT2D eigenvalue weighted by atomic mass is 35.5. The predicted molar refractivity (Wildman–Crippen MR) is 80.0 cm³/mol. The molecule has 1 aliphatic carbocycles. The number of nitrogens with two attached hydrogens (primary N) is 1. The Morgan fingerprint density at radius 2 is 1.73 bits per heavy atom. The molecule has 0 atom stereocenters. The second kappa shape index (κ2) is 5.52. The van der Waals surface area contributed by atoms with Gasteiger partial charge in [0, 0.05) is 31.2 Å². The molecule has 22 heavy (non-hydrogen) atoms. The van der Waals surface area contributed by atoms with Gasteiger partial charge in [-0.15, -0.1) is 0 Å². The predicted octanol–water partition coefficient (Wildman–Crippen LogP) is 1.25. The fraction of sp³-hybridized carbons (Fsp3) is 0.467. The minimum absolute atomic E-state index is 0.00154. The molecular formula is C15H17ClFN3O2. The molecule has 2 N–H and O–H groups in total. The van der Waals surface area contributed by atoms with Crippen LogP contribution < -0.4 is 5.73 Å². The lowest BCUT2D eigenvalue weighted by molar-refractivity contribution is -0.135. The molecular weight excluding hydrogens is 309 g/mol. The van der Waals surface area contributed by atoms with Crippen LogP contribution in [0.3, 0.4) is 0 Å². The molecule has 1 saturated heterocycles. The number of nitrogens with zero attached hydrogens (tertiary/aromatic N) is 2. The van der Waals surface area contributed by atoms with Crippen LogP contribution in [0.4, 0.5) is 4.39 Å². The van der Waals surface area contributed by atoms with Gasteiger partial charge in [-0.2, -0.15) is 0 Å². The molecule has 0 spiro atoms. The lowest BCUT2D eigenvalue weighted by atomic mass is 10.1. The van der Waals surface area contributed by atoms with E-state index in [9.17, 15) is 14.0 Å². The zero-order valence-corrected chi connectivity index (χ0v) is 12.8. The summed E-state index contributed by atoms with van der Waals surface area (Å²) in [6.45, 7) is 1.61. The lowest BCUT2D eigenvalue weighted by Crippen LogP contribution is -2.55. The SMILES string of the molecule is NC1(C(=O)N2CCN(C(=O)c3ccc(Cl)cc3F)CC2)CC1.